The zero-order chi connectivity index (χ0) is 9.26. The first kappa shape index (κ1) is 8.61. The van der Waals surface area contributed by atoms with Gasteiger partial charge in [0.05, 0.1) is 0 Å². The number of dihydropyridines is 1. The average Bonchev–Trinajstić information content (AvgIpc) is 2.14. The highest BCUT2D eigenvalue weighted by Crippen LogP contribution is 2.34. The Morgan fingerprint density at radius 3 is 2.92 bits per heavy atom. The van der Waals surface area contributed by atoms with Gasteiger partial charge in [0.15, 0.2) is 0 Å². The predicted octanol–water partition coefficient (Wildman–Crippen LogP) is 2.78. The number of hydrogen-bond acceptors (Lipinski definition) is 1. The molecular formula is C12H17N. The lowest BCUT2D eigenvalue weighted by molar-refractivity contribution is 0.482. The molecule has 0 bridgehead atoms. The van der Waals surface area contributed by atoms with Crippen LogP contribution >= 0.6 is 0 Å². The van der Waals surface area contributed by atoms with Crippen LogP contribution in [0.5, 0.6) is 0 Å². The molecule has 1 heterocycles. The smallest absolute Gasteiger partial charge is 0.0334 e. The van der Waals surface area contributed by atoms with Crippen LogP contribution in [0.25, 0.3) is 0 Å². The number of hydrogen-bond donors (Lipinski definition) is 1. The predicted molar refractivity (Wildman–Crippen MR) is 56.3 cm³/mol. The summed E-state index contributed by atoms with van der Waals surface area (Å²) in [4.78, 5) is 0. The lowest BCUT2D eigenvalue weighted by Gasteiger charge is -2.27. The Hall–Kier alpha value is -0.980. The van der Waals surface area contributed by atoms with Crippen LogP contribution in [0.4, 0.5) is 0 Å². The maximum absolute atomic E-state index is 3.22. The molecule has 0 aromatic heterocycles. The van der Waals surface area contributed by atoms with E-state index in [0.717, 1.165) is 12.5 Å². The van der Waals surface area contributed by atoms with E-state index in [4.69, 9.17) is 0 Å². The molecule has 0 radical (unpaired) electrons. The molecule has 1 fully saturated rings. The first-order chi connectivity index (χ1) is 6.27. The second kappa shape index (κ2) is 3.41. The Kier molecular flexibility index (Phi) is 2.26. The standard InChI is InChI=1S/C12H17N/c1-9-3-4-11(9)7-12-5-6-13-8-10(12)2/h5,7-9,13H,3-4,6H2,1-2H3/b11-7-. The lowest BCUT2D eigenvalue weighted by Crippen LogP contribution is -2.14. The summed E-state index contributed by atoms with van der Waals surface area (Å²) in [5.74, 6) is 0.823. The van der Waals surface area contributed by atoms with Gasteiger partial charge in [-0.1, -0.05) is 24.6 Å². The Bertz CT molecular complexity index is 294. The van der Waals surface area contributed by atoms with Gasteiger partial charge >= 0.3 is 0 Å². The van der Waals surface area contributed by atoms with Gasteiger partial charge in [-0.2, -0.15) is 0 Å². The Labute approximate surface area is 80.2 Å². The molecule has 70 valence electrons. The van der Waals surface area contributed by atoms with Crippen molar-refractivity contribution in [2.24, 2.45) is 5.92 Å². The lowest BCUT2D eigenvalue weighted by atomic mass is 9.79. The van der Waals surface area contributed by atoms with Crippen molar-refractivity contribution in [2.75, 3.05) is 6.54 Å². The second-order valence-corrected chi connectivity index (χ2v) is 4.05. The molecule has 1 heteroatoms. The molecule has 2 aliphatic rings. The van der Waals surface area contributed by atoms with E-state index in [1.165, 1.54) is 24.0 Å². The highest BCUT2D eigenvalue weighted by Gasteiger charge is 2.19. The zero-order valence-electron chi connectivity index (χ0n) is 8.43. The molecule has 1 N–H and O–H groups in total. The van der Waals surface area contributed by atoms with Crippen molar-refractivity contribution in [3.8, 4) is 0 Å². The minimum atomic E-state index is 0.823. The van der Waals surface area contributed by atoms with Crippen molar-refractivity contribution in [2.45, 2.75) is 26.7 Å². The van der Waals surface area contributed by atoms with Crippen molar-refractivity contribution in [3.63, 3.8) is 0 Å². The molecule has 1 aliphatic heterocycles. The number of nitrogens with one attached hydrogen (secondary N) is 1. The molecule has 0 spiro atoms. The van der Waals surface area contributed by atoms with Crippen LogP contribution in [0, 0.1) is 5.92 Å². The van der Waals surface area contributed by atoms with E-state index in [1.54, 1.807) is 5.57 Å². The van der Waals surface area contributed by atoms with Crippen molar-refractivity contribution < 1.29 is 0 Å². The topological polar surface area (TPSA) is 12.0 Å². The number of allylic oxidation sites excluding steroid dienone is 4. The zero-order valence-corrected chi connectivity index (χ0v) is 8.43. The monoisotopic (exact) mass is 175 g/mol. The third-order valence-corrected chi connectivity index (χ3v) is 3.05. The van der Waals surface area contributed by atoms with Gasteiger partial charge in [-0.05, 0) is 36.8 Å². The van der Waals surface area contributed by atoms with Crippen LogP contribution in [0.1, 0.15) is 26.7 Å². The van der Waals surface area contributed by atoms with Crippen LogP contribution in [0.2, 0.25) is 0 Å². The molecule has 2 rings (SSSR count). The summed E-state index contributed by atoms with van der Waals surface area (Å²) in [5.41, 5.74) is 4.40. The van der Waals surface area contributed by atoms with Gasteiger partial charge in [-0.25, -0.2) is 0 Å². The Morgan fingerprint density at radius 1 is 1.54 bits per heavy atom. The SMILES string of the molecule is CC1=CNCC=C1/C=C1/CCC1C. The Morgan fingerprint density at radius 2 is 2.38 bits per heavy atom. The van der Waals surface area contributed by atoms with E-state index in [2.05, 4.69) is 37.5 Å². The van der Waals surface area contributed by atoms with E-state index >= 15 is 0 Å². The normalized spacial score (nSPS) is 30.3. The first-order valence-corrected chi connectivity index (χ1v) is 5.08. The summed E-state index contributed by atoms with van der Waals surface area (Å²) in [7, 11) is 0. The van der Waals surface area contributed by atoms with Gasteiger partial charge in [-0.15, -0.1) is 0 Å². The fourth-order valence-electron chi connectivity index (χ4n) is 1.81. The van der Waals surface area contributed by atoms with Gasteiger partial charge < -0.3 is 5.32 Å². The van der Waals surface area contributed by atoms with E-state index in [9.17, 15) is 0 Å². The quantitative estimate of drug-likeness (QED) is 0.646. The molecule has 0 saturated heterocycles. The third-order valence-electron chi connectivity index (χ3n) is 3.05. The minimum Gasteiger partial charge on any atom is -0.387 e. The summed E-state index contributed by atoms with van der Waals surface area (Å²) in [6.07, 6.45) is 9.43. The van der Waals surface area contributed by atoms with Crippen molar-refractivity contribution >= 4 is 0 Å². The van der Waals surface area contributed by atoms with Gasteiger partial charge in [0.25, 0.3) is 0 Å². The van der Waals surface area contributed by atoms with Crippen LogP contribution in [-0.2, 0) is 0 Å². The van der Waals surface area contributed by atoms with Crippen molar-refractivity contribution in [3.05, 3.63) is 35.1 Å². The molecule has 1 atom stereocenters. The summed E-state index contributed by atoms with van der Waals surface area (Å²) < 4.78 is 0. The highest BCUT2D eigenvalue weighted by atomic mass is 14.8. The maximum atomic E-state index is 3.22. The van der Waals surface area contributed by atoms with Crippen LogP contribution in [0.15, 0.2) is 35.1 Å². The molecule has 13 heavy (non-hydrogen) atoms. The highest BCUT2D eigenvalue weighted by molar-refractivity contribution is 5.43. The largest absolute Gasteiger partial charge is 0.387 e. The summed E-state index contributed by atoms with van der Waals surface area (Å²) in [6, 6.07) is 0. The van der Waals surface area contributed by atoms with E-state index in [1.807, 2.05) is 0 Å². The molecule has 1 aliphatic carbocycles. The molecule has 1 unspecified atom stereocenters. The van der Waals surface area contributed by atoms with E-state index < -0.39 is 0 Å². The molecule has 0 aromatic rings. The first-order valence-electron chi connectivity index (χ1n) is 5.08. The van der Waals surface area contributed by atoms with Gasteiger partial charge in [-0.3, -0.25) is 0 Å². The minimum absolute atomic E-state index is 0.823. The fourth-order valence-corrected chi connectivity index (χ4v) is 1.81. The summed E-state index contributed by atoms with van der Waals surface area (Å²) in [5, 5.41) is 3.22. The van der Waals surface area contributed by atoms with Crippen LogP contribution in [-0.4, -0.2) is 6.54 Å². The molecule has 1 nitrogen and oxygen atoms in total. The molecular weight excluding hydrogens is 158 g/mol. The van der Waals surface area contributed by atoms with Gasteiger partial charge in [0, 0.05) is 12.7 Å². The third kappa shape index (κ3) is 1.69. The second-order valence-electron chi connectivity index (χ2n) is 4.05. The molecule has 0 amide bonds. The average molecular weight is 175 g/mol. The van der Waals surface area contributed by atoms with Crippen LogP contribution < -0.4 is 5.32 Å². The Balaban J connectivity index is 2.13. The van der Waals surface area contributed by atoms with E-state index in [0.29, 0.717) is 0 Å². The summed E-state index contributed by atoms with van der Waals surface area (Å²) >= 11 is 0. The van der Waals surface area contributed by atoms with Crippen molar-refractivity contribution in [1.29, 1.82) is 0 Å². The van der Waals surface area contributed by atoms with Crippen LogP contribution in [0.3, 0.4) is 0 Å². The summed E-state index contributed by atoms with van der Waals surface area (Å²) in [6.45, 7) is 5.46. The van der Waals surface area contributed by atoms with Gasteiger partial charge in [0.2, 0.25) is 0 Å². The number of rotatable bonds is 1. The van der Waals surface area contributed by atoms with Crippen molar-refractivity contribution in [1.82, 2.24) is 5.32 Å². The molecule has 1 saturated carbocycles. The molecule has 0 aromatic carbocycles. The fraction of sp³-hybridized carbons (Fsp3) is 0.500. The van der Waals surface area contributed by atoms with E-state index in [-0.39, 0.29) is 0 Å². The maximum Gasteiger partial charge on any atom is 0.0334 e. The van der Waals surface area contributed by atoms with Gasteiger partial charge in [0.1, 0.15) is 0 Å².